The van der Waals surface area contributed by atoms with Crippen molar-refractivity contribution >= 4 is 0 Å². The number of nitrogens with one attached hydrogen (secondary N) is 1. The summed E-state index contributed by atoms with van der Waals surface area (Å²) in [5.41, 5.74) is 1.23. The molecule has 0 spiro atoms. The van der Waals surface area contributed by atoms with Crippen LogP contribution in [0.15, 0.2) is 6.20 Å². The fraction of sp³-hybridized carbons (Fsp3) is 0.750. The van der Waals surface area contributed by atoms with E-state index in [0.29, 0.717) is 0 Å². The third-order valence-corrected chi connectivity index (χ3v) is 3.35. The standard InChI is InChI=1S/C12H21N3O/c1-4-8-15-11(10(16-3)9-14-15)12(2)6-5-7-13-12/h9,13H,4-8H2,1-3H3. The Balaban J connectivity index is 2.38. The first-order valence-corrected chi connectivity index (χ1v) is 6.06. The van der Waals surface area contributed by atoms with Gasteiger partial charge >= 0.3 is 0 Å². The van der Waals surface area contributed by atoms with Gasteiger partial charge in [-0.15, -0.1) is 0 Å². The largest absolute Gasteiger partial charge is 0.493 e. The Bertz CT molecular complexity index is 353. The van der Waals surface area contributed by atoms with Crippen molar-refractivity contribution in [1.29, 1.82) is 0 Å². The summed E-state index contributed by atoms with van der Waals surface area (Å²) in [5.74, 6) is 0.908. The number of nitrogens with zero attached hydrogens (tertiary/aromatic N) is 2. The van der Waals surface area contributed by atoms with Gasteiger partial charge in [0.2, 0.25) is 0 Å². The predicted molar refractivity (Wildman–Crippen MR) is 63.7 cm³/mol. The first kappa shape index (κ1) is 11.5. The fourth-order valence-corrected chi connectivity index (χ4v) is 2.55. The lowest BCUT2D eigenvalue weighted by Crippen LogP contribution is -2.36. The van der Waals surface area contributed by atoms with Gasteiger partial charge in [0.25, 0.3) is 0 Å². The van der Waals surface area contributed by atoms with Crippen LogP contribution in [0.25, 0.3) is 0 Å². The molecule has 90 valence electrons. The highest BCUT2D eigenvalue weighted by Crippen LogP contribution is 2.36. The molecule has 0 bridgehead atoms. The molecule has 0 aromatic carbocycles. The maximum absolute atomic E-state index is 5.43. The number of hydrogen-bond acceptors (Lipinski definition) is 3. The zero-order chi connectivity index (χ0) is 11.6. The highest BCUT2D eigenvalue weighted by atomic mass is 16.5. The summed E-state index contributed by atoms with van der Waals surface area (Å²) >= 11 is 0. The third-order valence-electron chi connectivity index (χ3n) is 3.35. The number of hydrogen-bond donors (Lipinski definition) is 1. The van der Waals surface area contributed by atoms with E-state index in [9.17, 15) is 0 Å². The van der Waals surface area contributed by atoms with Crippen LogP contribution in [0.1, 0.15) is 38.8 Å². The Hall–Kier alpha value is -1.03. The van der Waals surface area contributed by atoms with Crippen molar-refractivity contribution in [3.05, 3.63) is 11.9 Å². The van der Waals surface area contributed by atoms with Crippen LogP contribution in [0, 0.1) is 0 Å². The van der Waals surface area contributed by atoms with Crippen molar-refractivity contribution in [2.24, 2.45) is 0 Å². The minimum atomic E-state index is 0.0248. The van der Waals surface area contributed by atoms with Gasteiger partial charge in [-0.25, -0.2) is 0 Å². The molecule has 1 saturated heterocycles. The van der Waals surface area contributed by atoms with E-state index in [1.54, 1.807) is 7.11 Å². The Morgan fingerprint density at radius 2 is 2.44 bits per heavy atom. The van der Waals surface area contributed by atoms with Crippen LogP contribution in [0.2, 0.25) is 0 Å². The average Bonchev–Trinajstić information content (AvgIpc) is 2.86. The van der Waals surface area contributed by atoms with Crippen molar-refractivity contribution in [2.45, 2.75) is 45.2 Å². The van der Waals surface area contributed by atoms with Crippen LogP contribution >= 0.6 is 0 Å². The summed E-state index contributed by atoms with van der Waals surface area (Å²) in [5, 5.41) is 7.99. The summed E-state index contributed by atoms with van der Waals surface area (Å²) in [4.78, 5) is 0. The van der Waals surface area contributed by atoms with Gasteiger partial charge in [-0.1, -0.05) is 6.92 Å². The Kier molecular flexibility index (Phi) is 3.19. The van der Waals surface area contributed by atoms with Crippen molar-refractivity contribution < 1.29 is 4.74 Å². The van der Waals surface area contributed by atoms with Crippen molar-refractivity contribution in [2.75, 3.05) is 13.7 Å². The molecular formula is C12H21N3O. The van der Waals surface area contributed by atoms with Crippen LogP contribution in [0.5, 0.6) is 5.75 Å². The summed E-state index contributed by atoms with van der Waals surface area (Å²) < 4.78 is 7.51. The van der Waals surface area contributed by atoms with Gasteiger partial charge in [0.05, 0.1) is 18.8 Å². The van der Waals surface area contributed by atoms with Crippen LogP contribution in [-0.4, -0.2) is 23.4 Å². The van der Waals surface area contributed by atoms with Gasteiger partial charge in [0, 0.05) is 6.54 Å². The number of methoxy groups -OCH3 is 1. The van der Waals surface area contributed by atoms with E-state index in [0.717, 1.165) is 31.7 Å². The Morgan fingerprint density at radius 1 is 1.62 bits per heavy atom. The highest BCUT2D eigenvalue weighted by molar-refractivity contribution is 5.32. The first-order chi connectivity index (χ1) is 7.71. The molecule has 1 atom stereocenters. The van der Waals surface area contributed by atoms with Gasteiger partial charge in [-0.05, 0) is 32.7 Å². The molecular weight excluding hydrogens is 202 g/mol. The molecule has 1 aromatic heterocycles. The van der Waals surface area contributed by atoms with Gasteiger partial charge < -0.3 is 10.1 Å². The molecule has 4 nitrogen and oxygen atoms in total. The topological polar surface area (TPSA) is 39.1 Å². The summed E-state index contributed by atoms with van der Waals surface area (Å²) in [7, 11) is 1.72. The molecule has 1 unspecified atom stereocenters. The zero-order valence-corrected chi connectivity index (χ0v) is 10.4. The molecule has 2 heterocycles. The van der Waals surface area contributed by atoms with E-state index in [4.69, 9.17) is 4.74 Å². The van der Waals surface area contributed by atoms with Crippen LogP contribution in [0.4, 0.5) is 0 Å². The molecule has 16 heavy (non-hydrogen) atoms. The molecule has 0 saturated carbocycles. The molecule has 1 aliphatic heterocycles. The Morgan fingerprint density at radius 3 is 3.00 bits per heavy atom. The van der Waals surface area contributed by atoms with Crippen LogP contribution in [0.3, 0.4) is 0 Å². The van der Waals surface area contributed by atoms with Gasteiger partial charge in [-0.3, -0.25) is 4.68 Å². The highest BCUT2D eigenvalue weighted by Gasteiger charge is 2.36. The fourth-order valence-electron chi connectivity index (χ4n) is 2.55. The van der Waals surface area contributed by atoms with E-state index in [1.165, 1.54) is 12.1 Å². The minimum absolute atomic E-state index is 0.0248. The quantitative estimate of drug-likeness (QED) is 0.847. The number of aryl methyl sites for hydroxylation is 1. The predicted octanol–water partition coefficient (Wildman–Crippen LogP) is 1.90. The second-order valence-corrected chi connectivity index (χ2v) is 4.65. The van der Waals surface area contributed by atoms with E-state index in [1.807, 2.05) is 6.20 Å². The summed E-state index contributed by atoms with van der Waals surface area (Å²) in [6, 6.07) is 0. The maximum Gasteiger partial charge on any atom is 0.161 e. The van der Waals surface area contributed by atoms with Crippen LogP contribution < -0.4 is 10.1 Å². The first-order valence-electron chi connectivity index (χ1n) is 6.06. The number of ether oxygens (including phenoxy) is 1. The van der Waals surface area contributed by atoms with Gasteiger partial charge in [0.1, 0.15) is 5.69 Å². The molecule has 0 amide bonds. The molecule has 1 aliphatic rings. The van der Waals surface area contributed by atoms with Gasteiger partial charge in [0.15, 0.2) is 5.75 Å². The molecule has 1 N–H and O–H groups in total. The smallest absolute Gasteiger partial charge is 0.161 e. The van der Waals surface area contributed by atoms with E-state index in [2.05, 4.69) is 28.9 Å². The Labute approximate surface area is 97.0 Å². The zero-order valence-electron chi connectivity index (χ0n) is 10.4. The van der Waals surface area contributed by atoms with Crippen molar-refractivity contribution in [1.82, 2.24) is 15.1 Å². The lowest BCUT2D eigenvalue weighted by molar-refractivity contribution is 0.347. The molecule has 0 aliphatic carbocycles. The summed E-state index contributed by atoms with van der Waals surface area (Å²) in [6.45, 7) is 6.45. The molecule has 1 fully saturated rings. The van der Waals surface area contributed by atoms with Crippen molar-refractivity contribution in [3.8, 4) is 5.75 Å². The second kappa shape index (κ2) is 4.45. The number of rotatable bonds is 4. The summed E-state index contributed by atoms with van der Waals surface area (Å²) in [6.07, 6.45) is 5.29. The third kappa shape index (κ3) is 1.82. The van der Waals surface area contributed by atoms with E-state index >= 15 is 0 Å². The lowest BCUT2D eigenvalue weighted by Gasteiger charge is -2.26. The van der Waals surface area contributed by atoms with E-state index in [-0.39, 0.29) is 5.54 Å². The van der Waals surface area contributed by atoms with Gasteiger partial charge in [-0.2, -0.15) is 5.10 Å². The van der Waals surface area contributed by atoms with Crippen molar-refractivity contribution in [3.63, 3.8) is 0 Å². The molecule has 4 heteroatoms. The maximum atomic E-state index is 5.43. The average molecular weight is 223 g/mol. The normalized spacial score (nSPS) is 24.9. The SMILES string of the molecule is CCCn1ncc(OC)c1C1(C)CCCN1. The van der Waals surface area contributed by atoms with E-state index < -0.39 is 0 Å². The molecule has 2 rings (SSSR count). The molecule has 0 radical (unpaired) electrons. The molecule has 1 aromatic rings. The lowest BCUT2D eigenvalue weighted by atomic mass is 9.95. The number of aromatic nitrogens is 2. The minimum Gasteiger partial charge on any atom is -0.493 e. The monoisotopic (exact) mass is 223 g/mol. The second-order valence-electron chi connectivity index (χ2n) is 4.65. The van der Waals surface area contributed by atoms with Crippen LogP contribution in [-0.2, 0) is 12.1 Å².